The fraction of sp³-hybridized carbons (Fsp3) is 0.391. The lowest BCUT2D eigenvalue weighted by Gasteiger charge is -2.25. The summed E-state index contributed by atoms with van der Waals surface area (Å²) in [5, 5.41) is 8.92. The molecule has 1 heterocycles. The van der Waals surface area contributed by atoms with E-state index in [4.69, 9.17) is 14.7 Å². The summed E-state index contributed by atoms with van der Waals surface area (Å²) in [6, 6.07) is 17.1. The first-order chi connectivity index (χ1) is 14.1. The molecule has 3 rings (SSSR count). The molecule has 0 aromatic heterocycles. The minimum absolute atomic E-state index is 0.0149. The van der Waals surface area contributed by atoms with E-state index in [1.54, 1.807) is 14.0 Å². The maximum Gasteiger partial charge on any atom is 0.263 e. The first kappa shape index (κ1) is 20.7. The first-order valence-electron chi connectivity index (χ1n) is 9.90. The highest BCUT2D eigenvalue weighted by atomic mass is 16.5. The minimum Gasteiger partial charge on any atom is -0.497 e. The van der Waals surface area contributed by atoms with Gasteiger partial charge in [-0.15, -0.1) is 0 Å². The molecule has 1 aliphatic rings. The Morgan fingerprint density at radius 2 is 1.72 bits per heavy atom. The number of amides is 1. The molecule has 2 aromatic rings. The Morgan fingerprint density at radius 3 is 2.38 bits per heavy atom. The summed E-state index contributed by atoms with van der Waals surface area (Å²) in [6.45, 7) is 5.81. The number of rotatable bonds is 6. The van der Waals surface area contributed by atoms with E-state index >= 15 is 0 Å². The van der Waals surface area contributed by atoms with Crippen molar-refractivity contribution in [2.75, 3.05) is 33.3 Å². The molecule has 1 amide bonds. The molecule has 29 heavy (non-hydrogen) atoms. The summed E-state index contributed by atoms with van der Waals surface area (Å²) in [5.74, 6) is 1.43. The number of hydrogen-bond acceptors (Lipinski definition) is 5. The van der Waals surface area contributed by atoms with Crippen molar-refractivity contribution in [3.63, 3.8) is 0 Å². The third-order valence-electron chi connectivity index (χ3n) is 5.11. The van der Waals surface area contributed by atoms with Gasteiger partial charge >= 0.3 is 0 Å². The van der Waals surface area contributed by atoms with Crippen LogP contribution in [-0.4, -0.2) is 55.1 Å². The van der Waals surface area contributed by atoms with Crippen LogP contribution in [0.15, 0.2) is 48.5 Å². The third kappa shape index (κ3) is 5.72. The molecule has 1 atom stereocenters. The fourth-order valence-electron chi connectivity index (χ4n) is 3.46. The van der Waals surface area contributed by atoms with E-state index in [-0.39, 0.29) is 5.91 Å². The van der Waals surface area contributed by atoms with Crippen LogP contribution in [0, 0.1) is 11.3 Å². The van der Waals surface area contributed by atoms with Gasteiger partial charge in [-0.1, -0.05) is 12.1 Å². The van der Waals surface area contributed by atoms with Crippen molar-refractivity contribution < 1.29 is 14.3 Å². The van der Waals surface area contributed by atoms with Gasteiger partial charge in [-0.3, -0.25) is 9.69 Å². The van der Waals surface area contributed by atoms with Gasteiger partial charge in [0, 0.05) is 32.7 Å². The zero-order valence-corrected chi connectivity index (χ0v) is 17.0. The lowest BCUT2D eigenvalue weighted by molar-refractivity contribution is -0.137. The molecular weight excluding hydrogens is 366 g/mol. The predicted octanol–water partition coefficient (Wildman–Crippen LogP) is 3.07. The Kier molecular flexibility index (Phi) is 7.09. The average Bonchev–Trinajstić information content (AvgIpc) is 3.00. The second-order valence-electron chi connectivity index (χ2n) is 7.20. The van der Waals surface area contributed by atoms with E-state index in [0.717, 1.165) is 38.3 Å². The van der Waals surface area contributed by atoms with E-state index in [2.05, 4.69) is 11.0 Å². The topological polar surface area (TPSA) is 65.8 Å². The molecule has 0 unspecified atom stereocenters. The van der Waals surface area contributed by atoms with Gasteiger partial charge in [-0.05, 0) is 55.3 Å². The molecule has 0 bridgehead atoms. The molecule has 0 radical (unpaired) electrons. The summed E-state index contributed by atoms with van der Waals surface area (Å²) in [4.78, 5) is 17.1. The standard InChI is InChI=1S/C23H27N3O3/c1-18(29-22-10-8-21(28-2)9-11-22)23(27)26-13-3-12-25(14-15-26)17-20-6-4-19(16-24)5-7-20/h4-11,18H,3,12-15,17H2,1-2H3/t18-/m0/s1. The van der Waals surface area contributed by atoms with Crippen LogP contribution in [0.4, 0.5) is 0 Å². The second kappa shape index (κ2) is 9.94. The van der Waals surface area contributed by atoms with Gasteiger partial charge in [0.25, 0.3) is 5.91 Å². The molecule has 6 nitrogen and oxygen atoms in total. The Labute approximate surface area is 172 Å². The SMILES string of the molecule is COc1ccc(O[C@@H](C)C(=O)N2CCCN(Cc3ccc(C#N)cc3)CC2)cc1. The van der Waals surface area contributed by atoms with Crippen LogP contribution in [0.3, 0.4) is 0 Å². The number of carbonyl (C=O) groups is 1. The van der Waals surface area contributed by atoms with Crippen molar-refractivity contribution in [3.05, 3.63) is 59.7 Å². The van der Waals surface area contributed by atoms with Gasteiger partial charge in [-0.25, -0.2) is 0 Å². The Morgan fingerprint density at radius 1 is 1.03 bits per heavy atom. The van der Waals surface area contributed by atoms with Gasteiger partial charge in [0.05, 0.1) is 18.7 Å². The van der Waals surface area contributed by atoms with Crippen LogP contribution in [-0.2, 0) is 11.3 Å². The van der Waals surface area contributed by atoms with E-state index in [0.29, 0.717) is 17.9 Å². The number of nitrogens with zero attached hydrogens (tertiary/aromatic N) is 3. The number of methoxy groups -OCH3 is 1. The lowest BCUT2D eigenvalue weighted by atomic mass is 10.1. The maximum atomic E-state index is 12.8. The van der Waals surface area contributed by atoms with Crippen LogP contribution in [0.2, 0.25) is 0 Å². The Bertz CT molecular complexity index is 843. The maximum absolute atomic E-state index is 12.8. The quantitative estimate of drug-likeness (QED) is 0.755. The third-order valence-corrected chi connectivity index (χ3v) is 5.11. The molecule has 1 aliphatic heterocycles. The smallest absolute Gasteiger partial charge is 0.263 e. The highest BCUT2D eigenvalue weighted by molar-refractivity contribution is 5.81. The fourth-order valence-corrected chi connectivity index (χ4v) is 3.46. The molecule has 152 valence electrons. The molecule has 1 fully saturated rings. The van der Waals surface area contributed by atoms with E-state index in [1.165, 1.54) is 5.56 Å². The number of ether oxygens (including phenoxy) is 2. The van der Waals surface area contributed by atoms with Crippen molar-refractivity contribution in [1.82, 2.24) is 9.80 Å². The van der Waals surface area contributed by atoms with Gasteiger partial charge in [0.1, 0.15) is 11.5 Å². The Balaban J connectivity index is 1.52. The van der Waals surface area contributed by atoms with E-state index in [9.17, 15) is 4.79 Å². The highest BCUT2D eigenvalue weighted by Crippen LogP contribution is 2.19. The molecule has 6 heteroatoms. The Hall–Kier alpha value is -3.04. The summed E-state index contributed by atoms with van der Waals surface area (Å²) in [5.41, 5.74) is 1.85. The van der Waals surface area contributed by atoms with Crippen molar-refractivity contribution >= 4 is 5.91 Å². The van der Waals surface area contributed by atoms with Gasteiger partial charge in [0.15, 0.2) is 6.10 Å². The zero-order valence-electron chi connectivity index (χ0n) is 17.0. The normalized spacial score (nSPS) is 15.8. The lowest BCUT2D eigenvalue weighted by Crippen LogP contribution is -2.42. The van der Waals surface area contributed by atoms with E-state index in [1.807, 2.05) is 53.4 Å². The molecule has 2 aromatic carbocycles. The summed E-state index contributed by atoms with van der Waals surface area (Å²) in [6.07, 6.45) is 0.394. The van der Waals surface area contributed by atoms with E-state index < -0.39 is 6.10 Å². The second-order valence-corrected chi connectivity index (χ2v) is 7.20. The summed E-state index contributed by atoms with van der Waals surface area (Å²) < 4.78 is 11.0. The average molecular weight is 393 g/mol. The van der Waals surface area contributed by atoms with Crippen LogP contribution in [0.25, 0.3) is 0 Å². The molecule has 0 saturated carbocycles. The molecule has 0 spiro atoms. The summed E-state index contributed by atoms with van der Waals surface area (Å²) in [7, 11) is 1.62. The number of benzene rings is 2. The first-order valence-corrected chi connectivity index (χ1v) is 9.90. The van der Waals surface area contributed by atoms with Crippen LogP contribution in [0.5, 0.6) is 11.5 Å². The van der Waals surface area contributed by atoms with Gasteiger partial charge in [0.2, 0.25) is 0 Å². The monoisotopic (exact) mass is 393 g/mol. The van der Waals surface area contributed by atoms with Crippen molar-refractivity contribution in [2.24, 2.45) is 0 Å². The number of carbonyl (C=O) groups excluding carboxylic acids is 1. The van der Waals surface area contributed by atoms with Gasteiger partial charge in [-0.2, -0.15) is 5.26 Å². The number of nitriles is 1. The molecular formula is C23H27N3O3. The molecule has 0 aliphatic carbocycles. The minimum atomic E-state index is -0.534. The van der Waals surface area contributed by atoms with Crippen molar-refractivity contribution in [2.45, 2.75) is 26.0 Å². The van der Waals surface area contributed by atoms with Crippen LogP contribution >= 0.6 is 0 Å². The largest absolute Gasteiger partial charge is 0.497 e. The van der Waals surface area contributed by atoms with Gasteiger partial charge < -0.3 is 14.4 Å². The zero-order chi connectivity index (χ0) is 20.6. The molecule has 0 N–H and O–H groups in total. The number of hydrogen-bond donors (Lipinski definition) is 0. The van der Waals surface area contributed by atoms with Crippen LogP contribution in [0.1, 0.15) is 24.5 Å². The van der Waals surface area contributed by atoms with Crippen molar-refractivity contribution in [1.29, 1.82) is 5.26 Å². The predicted molar refractivity (Wildman–Crippen MR) is 111 cm³/mol. The summed E-state index contributed by atoms with van der Waals surface area (Å²) >= 11 is 0. The molecule has 1 saturated heterocycles. The van der Waals surface area contributed by atoms with Crippen LogP contribution < -0.4 is 9.47 Å². The van der Waals surface area contributed by atoms with Crippen molar-refractivity contribution in [3.8, 4) is 17.6 Å². The highest BCUT2D eigenvalue weighted by Gasteiger charge is 2.24.